The van der Waals surface area contributed by atoms with Gasteiger partial charge < -0.3 is 10.8 Å². The number of hydrogen-bond acceptors (Lipinski definition) is 2. The van der Waals surface area contributed by atoms with Crippen molar-refractivity contribution in [2.75, 3.05) is 5.73 Å². The van der Waals surface area contributed by atoms with Gasteiger partial charge in [0.2, 0.25) is 0 Å². The highest BCUT2D eigenvalue weighted by molar-refractivity contribution is 5.94. The predicted octanol–water partition coefficient (Wildman–Crippen LogP) is 2.27. The lowest BCUT2D eigenvalue weighted by Gasteiger charge is -2.03. The summed E-state index contributed by atoms with van der Waals surface area (Å²) in [6.45, 7) is 0. The van der Waals surface area contributed by atoms with E-state index in [0.29, 0.717) is 10.8 Å². The third-order valence-corrected chi connectivity index (χ3v) is 1.94. The Morgan fingerprint density at radius 1 is 1.23 bits per heavy atom. The van der Waals surface area contributed by atoms with Gasteiger partial charge in [-0.2, -0.15) is 0 Å². The van der Waals surface area contributed by atoms with Gasteiger partial charge in [-0.1, -0.05) is 12.1 Å². The van der Waals surface area contributed by atoms with Crippen molar-refractivity contribution in [1.29, 1.82) is 0 Å². The maximum absolute atomic E-state index is 13.2. The molecule has 0 spiro atoms. The molecular formula is C10H8FNO. The molecule has 0 heterocycles. The fraction of sp³-hybridized carbons (Fsp3) is 0. The molecule has 0 unspecified atom stereocenters. The van der Waals surface area contributed by atoms with Gasteiger partial charge in [-0.15, -0.1) is 0 Å². The second kappa shape index (κ2) is 2.62. The lowest BCUT2D eigenvalue weighted by Crippen LogP contribution is -1.89. The van der Waals surface area contributed by atoms with Crippen molar-refractivity contribution in [2.24, 2.45) is 0 Å². The van der Waals surface area contributed by atoms with E-state index >= 15 is 0 Å². The van der Waals surface area contributed by atoms with Crippen LogP contribution in [0.3, 0.4) is 0 Å². The topological polar surface area (TPSA) is 46.2 Å². The molecule has 13 heavy (non-hydrogen) atoms. The van der Waals surface area contributed by atoms with Crippen molar-refractivity contribution in [3.05, 3.63) is 36.1 Å². The molecule has 3 heteroatoms. The van der Waals surface area contributed by atoms with Crippen LogP contribution >= 0.6 is 0 Å². The fourth-order valence-corrected chi connectivity index (χ4v) is 1.40. The standard InChI is InChI=1S/C10H8FNO/c11-8-3-1-2-6-4-7(13)5-9(12)10(6)8/h1-5,13H,12H2. The minimum Gasteiger partial charge on any atom is -0.508 e. The SMILES string of the molecule is Nc1cc(O)cc2cccc(F)c12. The van der Waals surface area contributed by atoms with Crippen LogP contribution in [0.1, 0.15) is 0 Å². The summed E-state index contributed by atoms with van der Waals surface area (Å²) < 4.78 is 13.2. The van der Waals surface area contributed by atoms with E-state index in [0.717, 1.165) is 0 Å². The summed E-state index contributed by atoms with van der Waals surface area (Å²) in [6.07, 6.45) is 0. The van der Waals surface area contributed by atoms with Gasteiger partial charge in [0, 0.05) is 17.1 Å². The molecule has 0 atom stereocenters. The summed E-state index contributed by atoms with van der Waals surface area (Å²) in [5, 5.41) is 10.2. The van der Waals surface area contributed by atoms with Crippen LogP contribution in [0.25, 0.3) is 10.8 Å². The number of halogens is 1. The van der Waals surface area contributed by atoms with Crippen LogP contribution in [-0.2, 0) is 0 Å². The molecule has 3 N–H and O–H groups in total. The third kappa shape index (κ3) is 1.18. The molecule has 0 aliphatic carbocycles. The molecule has 0 aromatic heterocycles. The molecule has 2 nitrogen and oxygen atoms in total. The smallest absolute Gasteiger partial charge is 0.133 e. The molecular weight excluding hydrogens is 169 g/mol. The van der Waals surface area contributed by atoms with Crippen LogP contribution in [-0.4, -0.2) is 5.11 Å². The second-order valence-corrected chi connectivity index (χ2v) is 2.87. The summed E-state index contributed by atoms with van der Waals surface area (Å²) >= 11 is 0. The number of aromatic hydroxyl groups is 1. The third-order valence-electron chi connectivity index (χ3n) is 1.94. The van der Waals surface area contributed by atoms with Crippen molar-refractivity contribution in [2.45, 2.75) is 0 Å². The Bertz CT molecular complexity index is 468. The number of hydrogen-bond donors (Lipinski definition) is 2. The van der Waals surface area contributed by atoms with Crippen molar-refractivity contribution in [3.8, 4) is 5.75 Å². The van der Waals surface area contributed by atoms with Crippen molar-refractivity contribution in [1.82, 2.24) is 0 Å². The Kier molecular flexibility index (Phi) is 1.59. The normalized spacial score (nSPS) is 10.5. The summed E-state index contributed by atoms with van der Waals surface area (Å²) in [6, 6.07) is 7.45. The summed E-state index contributed by atoms with van der Waals surface area (Å²) in [5.41, 5.74) is 5.82. The minimum atomic E-state index is -0.366. The van der Waals surface area contributed by atoms with Crippen LogP contribution in [0.15, 0.2) is 30.3 Å². The summed E-state index contributed by atoms with van der Waals surface area (Å²) in [5.74, 6) is -0.314. The molecule has 0 saturated heterocycles. The molecule has 66 valence electrons. The van der Waals surface area contributed by atoms with Gasteiger partial charge in [-0.05, 0) is 17.5 Å². The summed E-state index contributed by atoms with van der Waals surface area (Å²) in [7, 11) is 0. The number of nitrogen functional groups attached to an aromatic ring is 1. The molecule has 0 saturated carbocycles. The number of rotatable bonds is 0. The van der Waals surface area contributed by atoms with Gasteiger partial charge in [-0.3, -0.25) is 0 Å². The first kappa shape index (κ1) is 7.86. The van der Waals surface area contributed by atoms with E-state index in [2.05, 4.69) is 0 Å². The molecule has 2 aromatic carbocycles. The highest BCUT2D eigenvalue weighted by atomic mass is 19.1. The first-order valence-corrected chi connectivity index (χ1v) is 3.85. The number of anilines is 1. The van der Waals surface area contributed by atoms with E-state index in [-0.39, 0.29) is 17.3 Å². The van der Waals surface area contributed by atoms with E-state index in [1.54, 1.807) is 12.1 Å². The Hall–Kier alpha value is -1.77. The molecule has 0 aliphatic heterocycles. The van der Waals surface area contributed by atoms with E-state index in [4.69, 9.17) is 5.73 Å². The zero-order chi connectivity index (χ0) is 9.42. The molecule has 2 aromatic rings. The number of benzene rings is 2. The number of fused-ring (bicyclic) bond motifs is 1. The number of phenolic OH excluding ortho intramolecular Hbond substituents is 1. The quantitative estimate of drug-likeness (QED) is 0.606. The average Bonchev–Trinajstić information content (AvgIpc) is 2.02. The zero-order valence-electron chi connectivity index (χ0n) is 6.79. The van der Waals surface area contributed by atoms with Gasteiger partial charge in [0.1, 0.15) is 11.6 Å². The van der Waals surface area contributed by atoms with Gasteiger partial charge in [0.25, 0.3) is 0 Å². The molecule has 0 fully saturated rings. The molecule has 0 amide bonds. The molecule has 0 radical (unpaired) electrons. The van der Waals surface area contributed by atoms with Crippen LogP contribution in [0.4, 0.5) is 10.1 Å². The Morgan fingerprint density at radius 3 is 2.77 bits per heavy atom. The van der Waals surface area contributed by atoms with Gasteiger partial charge in [0.15, 0.2) is 0 Å². The maximum Gasteiger partial charge on any atom is 0.133 e. The van der Waals surface area contributed by atoms with Crippen molar-refractivity contribution < 1.29 is 9.50 Å². The first-order chi connectivity index (χ1) is 6.18. The maximum atomic E-state index is 13.2. The molecule has 2 rings (SSSR count). The lowest BCUT2D eigenvalue weighted by atomic mass is 10.1. The highest BCUT2D eigenvalue weighted by Gasteiger charge is 2.04. The van der Waals surface area contributed by atoms with E-state index in [1.165, 1.54) is 18.2 Å². The van der Waals surface area contributed by atoms with Crippen LogP contribution in [0.5, 0.6) is 5.75 Å². The Morgan fingerprint density at radius 2 is 2.00 bits per heavy atom. The molecule has 0 aliphatic rings. The lowest BCUT2D eigenvalue weighted by molar-refractivity contribution is 0.476. The Labute approximate surface area is 74.4 Å². The van der Waals surface area contributed by atoms with Crippen molar-refractivity contribution >= 4 is 16.5 Å². The van der Waals surface area contributed by atoms with Crippen LogP contribution < -0.4 is 5.73 Å². The first-order valence-electron chi connectivity index (χ1n) is 3.85. The van der Waals surface area contributed by atoms with E-state index in [1.807, 2.05) is 0 Å². The predicted molar refractivity (Wildman–Crippen MR) is 50.0 cm³/mol. The second-order valence-electron chi connectivity index (χ2n) is 2.87. The largest absolute Gasteiger partial charge is 0.508 e. The number of phenols is 1. The number of nitrogens with two attached hydrogens (primary N) is 1. The summed E-state index contributed by atoms with van der Waals surface area (Å²) in [4.78, 5) is 0. The fourth-order valence-electron chi connectivity index (χ4n) is 1.40. The minimum absolute atomic E-state index is 0.0515. The Balaban J connectivity index is 2.94. The highest BCUT2D eigenvalue weighted by Crippen LogP contribution is 2.28. The van der Waals surface area contributed by atoms with E-state index < -0.39 is 0 Å². The molecule has 0 bridgehead atoms. The van der Waals surface area contributed by atoms with Gasteiger partial charge in [0.05, 0.1) is 0 Å². The van der Waals surface area contributed by atoms with Crippen molar-refractivity contribution in [3.63, 3.8) is 0 Å². The zero-order valence-corrected chi connectivity index (χ0v) is 6.79. The monoisotopic (exact) mass is 177 g/mol. The van der Waals surface area contributed by atoms with E-state index in [9.17, 15) is 9.50 Å². The van der Waals surface area contributed by atoms with Gasteiger partial charge >= 0.3 is 0 Å². The van der Waals surface area contributed by atoms with Crippen LogP contribution in [0, 0.1) is 5.82 Å². The average molecular weight is 177 g/mol. The van der Waals surface area contributed by atoms with Gasteiger partial charge in [-0.25, -0.2) is 4.39 Å². The van der Waals surface area contributed by atoms with Crippen LogP contribution in [0.2, 0.25) is 0 Å².